The van der Waals surface area contributed by atoms with Gasteiger partial charge < -0.3 is 14.7 Å². The predicted molar refractivity (Wildman–Crippen MR) is 95.3 cm³/mol. The molecule has 0 aliphatic rings. The average molecular weight is 337 g/mol. The lowest BCUT2D eigenvalue weighted by atomic mass is 10.0. The van der Waals surface area contributed by atoms with Crippen LogP contribution in [0.5, 0.6) is 0 Å². The molecule has 0 aliphatic carbocycles. The molecule has 0 unspecified atom stereocenters. The van der Waals surface area contributed by atoms with Crippen molar-refractivity contribution in [3.8, 4) is 0 Å². The van der Waals surface area contributed by atoms with E-state index in [1.54, 1.807) is 17.0 Å². The summed E-state index contributed by atoms with van der Waals surface area (Å²) in [5.41, 5.74) is 0.598. The minimum Gasteiger partial charge on any atom is -0.363 e. The second-order valence-electron chi connectivity index (χ2n) is 5.69. The number of anilines is 1. The van der Waals surface area contributed by atoms with Gasteiger partial charge in [-0.3, -0.25) is 9.59 Å². The topological polar surface area (TPSA) is 75.4 Å². The molecule has 6 heteroatoms. The van der Waals surface area contributed by atoms with E-state index < -0.39 is 0 Å². The van der Waals surface area contributed by atoms with Crippen LogP contribution in [0.4, 0.5) is 5.82 Å². The Hall–Kier alpha value is -3.15. The Labute approximate surface area is 145 Å². The van der Waals surface area contributed by atoms with Crippen LogP contribution < -0.4 is 5.32 Å². The minimum atomic E-state index is -0.309. The average Bonchev–Trinajstić information content (AvgIpc) is 3.13. The van der Waals surface area contributed by atoms with E-state index in [1.165, 1.54) is 6.26 Å². The highest BCUT2D eigenvalue weighted by atomic mass is 16.5. The van der Waals surface area contributed by atoms with Crippen LogP contribution in [0.3, 0.4) is 0 Å². The Balaban J connectivity index is 1.81. The second kappa shape index (κ2) is 7.61. The molecule has 6 nitrogen and oxygen atoms in total. The summed E-state index contributed by atoms with van der Waals surface area (Å²) in [4.78, 5) is 26.8. The molecule has 0 radical (unpaired) electrons. The van der Waals surface area contributed by atoms with E-state index in [-0.39, 0.29) is 18.4 Å². The molecule has 0 aliphatic heterocycles. The van der Waals surface area contributed by atoms with Gasteiger partial charge in [-0.25, -0.2) is 0 Å². The Morgan fingerprint density at radius 1 is 1.12 bits per heavy atom. The summed E-state index contributed by atoms with van der Waals surface area (Å²) < 4.78 is 4.69. The van der Waals surface area contributed by atoms with Crippen molar-refractivity contribution in [1.29, 1.82) is 0 Å². The van der Waals surface area contributed by atoms with Gasteiger partial charge in [-0.15, -0.1) is 0 Å². The lowest BCUT2D eigenvalue weighted by Crippen LogP contribution is -2.38. The Morgan fingerprint density at radius 3 is 2.68 bits per heavy atom. The Kier molecular flexibility index (Phi) is 5.09. The van der Waals surface area contributed by atoms with Crippen molar-refractivity contribution in [2.24, 2.45) is 0 Å². The maximum atomic E-state index is 13.0. The van der Waals surface area contributed by atoms with Gasteiger partial charge in [0.1, 0.15) is 12.8 Å². The molecule has 1 heterocycles. The third-order valence-corrected chi connectivity index (χ3v) is 3.84. The van der Waals surface area contributed by atoms with Gasteiger partial charge in [0.25, 0.3) is 5.91 Å². The Morgan fingerprint density at radius 2 is 1.92 bits per heavy atom. The number of amides is 2. The van der Waals surface area contributed by atoms with Crippen LogP contribution in [0.1, 0.15) is 23.7 Å². The van der Waals surface area contributed by atoms with Gasteiger partial charge in [0.2, 0.25) is 5.91 Å². The molecule has 0 bridgehead atoms. The third-order valence-electron chi connectivity index (χ3n) is 3.84. The SMILES string of the molecule is CCCN(CC(=O)Nc1ccon1)C(=O)c1cccc2ccccc12. The highest BCUT2D eigenvalue weighted by Crippen LogP contribution is 2.20. The van der Waals surface area contributed by atoms with Gasteiger partial charge in [-0.2, -0.15) is 0 Å². The minimum absolute atomic E-state index is 0.0389. The number of carbonyl (C=O) groups excluding carboxylic acids is 2. The fourth-order valence-corrected chi connectivity index (χ4v) is 2.74. The van der Waals surface area contributed by atoms with Crippen molar-refractivity contribution >= 4 is 28.4 Å². The fraction of sp³-hybridized carbons (Fsp3) is 0.211. The quantitative estimate of drug-likeness (QED) is 0.749. The van der Waals surface area contributed by atoms with Gasteiger partial charge in [0.15, 0.2) is 5.82 Å². The molecule has 0 saturated heterocycles. The number of benzene rings is 2. The maximum Gasteiger partial charge on any atom is 0.254 e. The molecule has 1 N–H and O–H groups in total. The summed E-state index contributed by atoms with van der Waals surface area (Å²) in [7, 11) is 0. The van der Waals surface area contributed by atoms with Crippen LogP contribution in [0, 0.1) is 0 Å². The van der Waals surface area contributed by atoms with Crippen LogP contribution in [0.15, 0.2) is 59.3 Å². The smallest absolute Gasteiger partial charge is 0.254 e. The highest BCUT2D eigenvalue weighted by Gasteiger charge is 2.20. The van der Waals surface area contributed by atoms with Crippen molar-refractivity contribution < 1.29 is 14.1 Å². The molecule has 3 rings (SSSR count). The molecule has 128 valence electrons. The number of carbonyl (C=O) groups is 2. The molecule has 2 aromatic carbocycles. The van der Waals surface area contributed by atoms with Crippen LogP contribution in [-0.4, -0.2) is 35.0 Å². The number of hydrogen-bond donors (Lipinski definition) is 1. The van der Waals surface area contributed by atoms with E-state index in [4.69, 9.17) is 0 Å². The number of aromatic nitrogens is 1. The largest absolute Gasteiger partial charge is 0.363 e. The first-order valence-electron chi connectivity index (χ1n) is 8.16. The lowest BCUT2D eigenvalue weighted by molar-refractivity contribution is -0.116. The molecule has 0 saturated carbocycles. The zero-order chi connectivity index (χ0) is 17.6. The lowest BCUT2D eigenvalue weighted by Gasteiger charge is -2.22. The molecule has 2 amide bonds. The molecule has 0 spiro atoms. The first-order valence-corrected chi connectivity index (χ1v) is 8.16. The number of hydrogen-bond acceptors (Lipinski definition) is 4. The van der Waals surface area contributed by atoms with Crippen molar-refractivity contribution in [2.45, 2.75) is 13.3 Å². The highest BCUT2D eigenvalue weighted by molar-refractivity contribution is 6.08. The second-order valence-corrected chi connectivity index (χ2v) is 5.69. The summed E-state index contributed by atoms with van der Waals surface area (Å²) in [6.07, 6.45) is 2.13. The first kappa shape index (κ1) is 16.7. The number of rotatable bonds is 6. The van der Waals surface area contributed by atoms with E-state index in [9.17, 15) is 9.59 Å². The fourth-order valence-electron chi connectivity index (χ4n) is 2.74. The monoisotopic (exact) mass is 337 g/mol. The van der Waals surface area contributed by atoms with Crippen LogP contribution in [0.2, 0.25) is 0 Å². The maximum absolute atomic E-state index is 13.0. The molecule has 25 heavy (non-hydrogen) atoms. The van der Waals surface area contributed by atoms with Crippen molar-refractivity contribution in [1.82, 2.24) is 10.1 Å². The summed E-state index contributed by atoms with van der Waals surface area (Å²) in [5.74, 6) is -0.135. The van der Waals surface area contributed by atoms with Crippen LogP contribution >= 0.6 is 0 Å². The van der Waals surface area contributed by atoms with Gasteiger partial charge in [0.05, 0.1) is 0 Å². The first-order chi connectivity index (χ1) is 12.2. The third kappa shape index (κ3) is 3.85. The van der Waals surface area contributed by atoms with Crippen molar-refractivity contribution in [3.05, 3.63) is 60.4 Å². The van der Waals surface area contributed by atoms with Gasteiger partial charge in [-0.05, 0) is 23.3 Å². The van der Waals surface area contributed by atoms with Crippen LogP contribution in [0.25, 0.3) is 10.8 Å². The summed E-state index contributed by atoms with van der Waals surface area (Å²) in [6.45, 7) is 2.43. The summed E-state index contributed by atoms with van der Waals surface area (Å²) in [6, 6.07) is 14.9. The van der Waals surface area contributed by atoms with E-state index >= 15 is 0 Å². The van der Waals surface area contributed by atoms with E-state index in [0.29, 0.717) is 17.9 Å². The van der Waals surface area contributed by atoms with Gasteiger partial charge >= 0.3 is 0 Å². The molecule has 3 aromatic rings. The molecule has 1 aromatic heterocycles. The molecule has 0 atom stereocenters. The van der Waals surface area contributed by atoms with Crippen LogP contribution in [-0.2, 0) is 4.79 Å². The number of nitrogens with zero attached hydrogens (tertiary/aromatic N) is 2. The number of nitrogens with one attached hydrogen (secondary N) is 1. The number of fused-ring (bicyclic) bond motifs is 1. The molecular weight excluding hydrogens is 318 g/mol. The Bertz CT molecular complexity index is 869. The van der Waals surface area contributed by atoms with E-state index in [2.05, 4.69) is 15.0 Å². The molecule has 0 fully saturated rings. The van der Waals surface area contributed by atoms with Gasteiger partial charge in [-0.1, -0.05) is 48.5 Å². The van der Waals surface area contributed by atoms with E-state index in [0.717, 1.165) is 17.2 Å². The normalized spacial score (nSPS) is 10.6. The van der Waals surface area contributed by atoms with E-state index in [1.807, 2.05) is 43.3 Å². The predicted octanol–water partition coefficient (Wildman–Crippen LogP) is 3.32. The standard InChI is InChI=1S/C19H19N3O3/c1-2-11-22(13-18(23)20-17-10-12-25-21-17)19(24)16-9-5-7-14-6-3-4-8-15(14)16/h3-10,12H,2,11,13H2,1H3,(H,20,21,23). The van der Waals surface area contributed by atoms with Crippen molar-refractivity contribution in [3.63, 3.8) is 0 Å². The zero-order valence-corrected chi connectivity index (χ0v) is 13.9. The van der Waals surface area contributed by atoms with Crippen molar-refractivity contribution in [2.75, 3.05) is 18.4 Å². The molecular formula is C19H19N3O3. The summed E-state index contributed by atoms with van der Waals surface area (Å²) in [5, 5.41) is 8.14. The summed E-state index contributed by atoms with van der Waals surface area (Å²) >= 11 is 0. The van der Waals surface area contributed by atoms with Gasteiger partial charge in [0, 0.05) is 18.2 Å². The zero-order valence-electron chi connectivity index (χ0n) is 13.9.